The normalized spacial score (nSPS) is 11.4. The predicted octanol–water partition coefficient (Wildman–Crippen LogP) is 3.50. The fraction of sp³-hybridized carbons (Fsp3) is 0.158. The SMILES string of the molecule is CCOc1ccc2ccccc2c1CNc1ccc(S(N)(=O)=O)cc1. The second kappa shape index (κ2) is 7.13. The minimum absolute atomic E-state index is 0.0956. The third-order valence-corrected chi connectivity index (χ3v) is 4.88. The molecule has 0 saturated carbocycles. The summed E-state index contributed by atoms with van der Waals surface area (Å²) in [5.74, 6) is 0.842. The van der Waals surface area contributed by atoms with Gasteiger partial charge in [0, 0.05) is 17.8 Å². The van der Waals surface area contributed by atoms with E-state index in [9.17, 15) is 8.42 Å². The van der Waals surface area contributed by atoms with Crippen LogP contribution in [0.25, 0.3) is 10.8 Å². The van der Waals surface area contributed by atoms with Crippen molar-refractivity contribution in [3.05, 3.63) is 66.2 Å². The Morgan fingerprint density at radius 2 is 1.72 bits per heavy atom. The van der Waals surface area contributed by atoms with Gasteiger partial charge in [0.25, 0.3) is 0 Å². The zero-order valence-corrected chi connectivity index (χ0v) is 14.7. The van der Waals surface area contributed by atoms with Crippen molar-refractivity contribution in [2.45, 2.75) is 18.4 Å². The van der Waals surface area contributed by atoms with Crippen LogP contribution in [-0.2, 0) is 16.6 Å². The molecule has 0 spiro atoms. The monoisotopic (exact) mass is 356 g/mol. The highest BCUT2D eigenvalue weighted by Crippen LogP contribution is 2.29. The van der Waals surface area contributed by atoms with E-state index in [1.807, 2.05) is 31.2 Å². The summed E-state index contributed by atoms with van der Waals surface area (Å²) < 4.78 is 28.4. The van der Waals surface area contributed by atoms with Gasteiger partial charge in [-0.25, -0.2) is 13.6 Å². The van der Waals surface area contributed by atoms with Gasteiger partial charge in [-0.3, -0.25) is 0 Å². The number of ether oxygens (including phenoxy) is 1. The Labute approximate surface area is 147 Å². The summed E-state index contributed by atoms with van der Waals surface area (Å²) in [6.45, 7) is 3.11. The summed E-state index contributed by atoms with van der Waals surface area (Å²) in [7, 11) is -3.68. The maximum atomic E-state index is 11.3. The summed E-state index contributed by atoms with van der Waals surface area (Å²) >= 11 is 0. The van der Waals surface area contributed by atoms with Gasteiger partial charge in [0.05, 0.1) is 11.5 Å². The van der Waals surface area contributed by atoms with Crippen LogP contribution in [0.2, 0.25) is 0 Å². The molecule has 0 saturated heterocycles. The largest absolute Gasteiger partial charge is 0.494 e. The molecule has 0 atom stereocenters. The van der Waals surface area contributed by atoms with Gasteiger partial charge in [-0.15, -0.1) is 0 Å². The van der Waals surface area contributed by atoms with Crippen LogP contribution in [0.3, 0.4) is 0 Å². The van der Waals surface area contributed by atoms with Crippen molar-refractivity contribution in [3.63, 3.8) is 0 Å². The van der Waals surface area contributed by atoms with Crippen LogP contribution in [0.1, 0.15) is 12.5 Å². The van der Waals surface area contributed by atoms with Gasteiger partial charge in [-0.1, -0.05) is 30.3 Å². The minimum Gasteiger partial charge on any atom is -0.494 e. The van der Waals surface area contributed by atoms with E-state index >= 15 is 0 Å². The van der Waals surface area contributed by atoms with Crippen LogP contribution in [-0.4, -0.2) is 15.0 Å². The molecule has 0 heterocycles. The lowest BCUT2D eigenvalue weighted by atomic mass is 10.0. The van der Waals surface area contributed by atoms with Gasteiger partial charge in [-0.2, -0.15) is 0 Å². The van der Waals surface area contributed by atoms with E-state index in [-0.39, 0.29) is 4.90 Å². The third-order valence-electron chi connectivity index (χ3n) is 3.95. The maximum Gasteiger partial charge on any atom is 0.238 e. The Morgan fingerprint density at radius 3 is 2.40 bits per heavy atom. The summed E-state index contributed by atoms with van der Waals surface area (Å²) in [6, 6.07) is 18.5. The van der Waals surface area contributed by atoms with Crippen LogP contribution < -0.4 is 15.2 Å². The number of nitrogens with one attached hydrogen (secondary N) is 1. The Morgan fingerprint density at radius 1 is 1.00 bits per heavy atom. The van der Waals surface area contributed by atoms with E-state index in [1.165, 1.54) is 12.1 Å². The molecule has 0 radical (unpaired) electrons. The highest BCUT2D eigenvalue weighted by Gasteiger charge is 2.10. The molecule has 3 rings (SSSR count). The fourth-order valence-electron chi connectivity index (χ4n) is 2.74. The van der Waals surface area contributed by atoms with Crippen molar-refractivity contribution < 1.29 is 13.2 Å². The number of hydrogen-bond acceptors (Lipinski definition) is 4. The molecule has 5 nitrogen and oxygen atoms in total. The molecule has 130 valence electrons. The summed E-state index contributed by atoms with van der Waals surface area (Å²) in [5, 5.41) is 10.7. The molecule has 0 amide bonds. The number of benzene rings is 3. The molecular formula is C19H20N2O3S. The summed E-state index contributed by atoms with van der Waals surface area (Å²) in [5.41, 5.74) is 1.87. The highest BCUT2D eigenvalue weighted by atomic mass is 32.2. The molecular weight excluding hydrogens is 336 g/mol. The first-order chi connectivity index (χ1) is 12.0. The molecule has 3 N–H and O–H groups in total. The Bertz CT molecular complexity index is 983. The molecule has 6 heteroatoms. The molecule has 0 aliphatic heterocycles. The molecule has 0 fully saturated rings. The van der Waals surface area contributed by atoms with Crippen molar-refractivity contribution in [3.8, 4) is 5.75 Å². The van der Waals surface area contributed by atoms with Gasteiger partial charge in [0.2, 0.25) is 10.0 Å². The van der Waals surface area contributed by atoms with E-state index < -0.39 is 10.0 Å². The maximum absolute atomic E-state index is 11.3. The van der Waals surface area contributed by atoms with Crippen LogP contribution in [0.15, 0.2) is 65.6 Å². The van der Waals surface area contributed by atoms with Gasteiger partial charge in [0.1, 0.15) is 5.75 Å². The van der Waals surface area contributed by atoms with E-state index in [2.05, 4.69) is 17.4 Å². The molecule has 0 unspecified atom stereocenters. The first-order valence-corrected chi connectivity index (χ1v) is 9.54. The highest BCUT2D eigenvalue weighted by molar-refractivity contribution is 7.89. The summed E-state index contributed by atoms with van der Waals surface area (Å²) in [4.78, 5) is 0.0956. The number of rotatable bonds is 6. The number of anilines is 1. The van der Waals surface area contributed by atoms with E-state index in [4.69, 9.17) is 9.88 Å². The standard InChI is InChI=1S/C19H20N2O3S/c1-2-24-19-12-7-14-5-3-4-6-17(14)18(19)13-21-15-8-10-16(11-9-15)25(20,22)23/h3-12,21H,2,13H2,1H3,(H2,20,22,23). The van der Waals surface area contributed by atoms with Crippen molar-refractivity contribution >= 4 is 26.5 Å². The molecule has 3 aromatic carbocycles. The number of hydrogen-bond donors (Lipinski definition) is 2. The molecule has 0 bridgehead atoms. The number of primary sulfonamides is 1. The lowest BCUT2D eigenvalue weighted by molar-refractivity contribution is 0.337. The second-order valence-electron chi connectivity index (χ2n) is 5.62. The van der Waals surface area contributed by atoms with Crippen LogP contribution in [0, 0.1) is 0 Å². The lowest BCUT2D eigenvalue weighted by Gasteiger charge is -2.15. The predicted molar refractivity (Wildman–Crippen MR) is 100 cm³/mol. The Balaban J connectivity index is 1.88. The molecule has 3 aromatic rings. The Kier molecular flexibility index (Phi) is 4.92. The first-order valence-electron chi connectivity index (χ1n) is 7.99. The molecule has 0 aliphatic carbocycles. The van der Waals surface area contributed by atoms with Crippen molar-refractivity contribution in [1.29, 1.82) is 0 Å². The Hall–Kier alpha value is -2.57. The van der Waals surface area contributed by atoms with E-state index in [0.29, 0.717) is 13.2 Å². The zero-order chi connectivity index (χ0) is 17.9. The fourth-order valence-corrected chi connectivity index (χ4v) is 3.26. The van der Waals surface area contributed by atoms with Crippen molar-refractivity contribution in [2.75, 3.05) is 11.9 Å². The topological polar surface area (TPSA) is 81.4 Å². The van der Waals surface area contributed by atoms with Crippen LogP contribution in [0.4, 0.5) is 5.69 Å². The van der Waals surface area contributed by atoms with E-state index in [1.54, 1.807) is 12.1 Å². The quantitative estimate of drug-likeness (QED) is 0.708. The number of fused-ring (bicyclic) bond motifs is 1. The van der Waals surface area contributed by atoms with Gasteiger partial charge >= 0.3 is 0 Å². The van der Waals surface area contributed by atoms with Crippen LogP contribution in [0.5, 0.6) is 5.75 Å². The van der Waals surface area contributed by atoms with Gasteiger partial charge in [-0.05, 0) is 48.0 Å². The number of sulfonamides is 1. The molecule has 0 aliphatic rings. The van der Waals surface area contributed by atoms with Gasteiger partial charge < -0.3 is 10.1 Å². The molecule has 25 heavy (non-hydrogen) atoms. The molecule has 0 aromatic heterocycles. The third kappa shape index (κ3) is 3.92. The first kappa shape index (κ1) is 17.3. The van der Waals surface area contributed by atoms with Crippen molar-refractivity contribution in [2.24, 2.45) is 5.14 Å². The minimum atomic E-state index is -3.68. The number of nitrogens with two attached hydrogens (primary N) is 1. The van der Waals surface area contributed by atoms with Crippen molar-refractivity contribution in [1.82, 2.24) is 0 Å². The zero-order valence-electron chi connectivity index (χ0n) is 13.9. The van der Waals surface area contributed by atoms with E-state index in [0.717, 1.165) is 27.8 Å². The average molecular weight is 356 g/mol. The smallest absolute Gasteiger partial charge is 0.238 e. The lowest BCUT2D eigenvalue weighted by Crippen LogP contribution is -2.12. The summed E-state index contributed by atoms with van der Waals surface area (Å²) in [6.07, 6.45) is 0. The van der Waals surface area contributed by atoms with Gasteiger partial charge in [0.15, 0.2) is 0 Å². The average Bonchev–Trinajstić information content (AvgIpc) is 2.60. The second-order valence-corrected chi connectivity index (χ2v) is 7.18. The van der Waals surface area contributed by atoms with Crippen LogP contribution >= 0.6 is 0 Å².